The van der Waals surface area contributed by atoms with Gasteiger partial charge in [0.15, 0.2) is 0 Å². The van der Waals surface area contributed by atoms with Crippen molar-refractivity contribution in [1.82, 2.24) is 5.32 Å². The summed E-state index contributed by atoms with van der Waals surface area (Å²) in [6.07, 6.45) is 2.67. The lowest BCUT2D eigenvalue weighted by Crippen LogP contribution is -2.43. The number of carbonyl (C=O) groups is 1. The Morgan fingerprint density at radius 1 is 1.50 bits per heavy atom. The third kappa shape index (κ3) is 2.67. The Balaban J connectivity index is 2.09. The van der Waals surface area contributed by atoms with E-state index in [9.17, 15) is 9.18 Å². The molecule has 0 bridgehead atoms. The molecule has 0 aliphatic carbocycles. The van der Waals surface area contributed by atoms with Crippen molar-refractivity contribution in [3.63, 3.8) is 0 Å². The van der Waals surface area contributed by atoms with Crippen molar-refractivity contribution < 1.29 is 9.18 Å². The van der Waals surface area contributed by atoms with Crippen LogP contribution < -0.4 is 5.32 Å². The summed E-state index contributed by atoms with van der Waals surface area (Å²) in [7, 11) is 0. The maximum absolute atomic E-state index is 14.3. The topological polar surface area (TPSA) is 29.1 Å². The van der Waals surface area contributed by atoms with E-state index in [1.165, 1.54) is 0 Å². The van der Waals surface area contributed by atoms with E-state index in [4.69, 9.17) is 0 Å². The van der Waals surface area contributed by atoms with E-state index in [1.54, 1.807) is 18.2 Å². The number of hydrogen-bond acceptors (Lipinski definition) is 2. The van der Waals surface area contributed by atoms with Crippen molar-refractivity contribution in [3.8, 4) is 0 Å². The second kappa shape index (κ2) is 4.74. The fourth-order valence-corrected chi connectivity index (χ4v) is 2.22. The molecule has 1 N–H and O–H groups in total. The third-order valence-electron chi connectivity index (χ3n) is 3.03. The first-order valence-corrected chi connectivity index (χ1v) is 5.66. The number of rotatable bonds is 3. The Kier molecular flexibility index (Phi) is 3.34. The van der Waals surface area contributed by atoms with E-state index in [2.05, 4.69) is 5.32 Å². The lowest BCUT2D eigenvalue weighted by molar-refractivity contribution is 0.112. The molecule has 0 spiro atoms. The average Bonchev–Trinajstić information content (AvgIpc) is 2.29. The van der Waals surface area contributed by atoms with Gasteiger partial charge in [-0.25, -0.2) is 4.39 Å². The molecule has 3 heteroatoms. The molecule has 0 amide bonds. The van der Waals surface area contributed by atoms with Gasteiger partial charge in [0.25, 0.3) is 0 Å². The zero-order chi connectivity index (χ0) is 11.4. The number of halogens is 1. The van der Waals surface area contributed by atoms with Crippen LogP contribution in [0.4, 0.5) is 4.39 Å². The molecular formula is C13H16FNO. The Morgan fingerprint density at radius 2 is 2.38 bits per heavy atom. The fraction of sp³-hybridized carbons (Fsp3) is 0.462. The zero-order valence-electron chi connectivity index (χ0n) is 9.21. The minimum absolute atomic E-state index is 0.391. The maximum Gasteiger partial charge on any atom is 0.150 e. The highest BCUT2D eigenvalue weighted by atomic mass is 19.1. The molecule has 86 valence electrons. The zero-order valence-corrected chi connectivity index (χ0v) is 9.21. The molecule has 1 unspecified atom stereocenters. The first kappa shape index (κ1) is 11.3. The van der Waals surface area contributed by atoms with Gasteiger partial charge in [-0.15, -0.1) is 0 Å². The van der Waals surface area contributed by atoms with Crippen LogP contribution in [-0.2, 0) is 6.42 Å². The molecule has 1 aromatic rings. The van der Waals surface area contributed by atoms with Gasteiger partial charge in [0.2, 0.25) is 0 Å². The van der Waals surface area contributed by atoms with Crippen LogP contribution >= 0.6 is 0 Å². The number of benzene rings is 1. The van der Waals surface area contributed by atoms with Crippen molar-refractivity contribution in [2.24, 2.45) is 0 Å². The van der Waals surface area contributed by atoms with Crippen LogP contribution in [0.1, 0.15) is 28.8 Å². The van der Waals surface area contributed by atoms with E-state index in [0.717, 1.165) is 24.8 Å². The number of nitrogens with one attached hydrogen (secondary N) is 1. The van der Waals surface area contributed by atoms with Crippen LogP contribution in [0.5, 0.6) is 0 Å². The van der Waals surface area contributed by atoms with Crippen molar-refractivity contribution in [2.75, 3.05) is 13.1 Å². The quantitative estimate of drug-likeness (QED) is 0.792. The fourth-order valence-electron chi connectivity index (χ4n) is 2.22. The Morgan fingerprint density at radius 3 is 3.06 bits per heavy atom. The number of alkyl halides is 1. The lowest BCUT2D eigenvalue weighted by Gasteiger charge is -2.30. The molecule has 0 saturated carbocycles. The SMILES string of the molecule is O=Cc1cccc(CC2(F)CCCNC2)c1. The summed E-state index contributed by atoms with van der Waals surface area (Å²) in [4.78, 5) is 10.6. The van der Waals surface area contributed by atoms with Crippen LogP contribution in [0, 0.1) is 0 Å². The highest BCUT2D eigenvalue weighted by Gasteiger charge is 2.31. The van der Waals surface area contributed by atoms with Crippen LogP contribution in [0.25, 0.3) is 0 Å². The summed E-state index contributed by atoms with van der Waals surface area (Å²) >= 11 is 0. The van der Waals surface area contributed by atoms with Gasteiger partial charge in [-0.2, -0.15) is 0 Å². The molecule has 0 aromatic heterocycles. The van der Waals surface area contributed by atoms with Crippen molar-refractivity contribution >= 4 is 6.29 Å². The first-order valence-electron chi connectivity index (χ1n) is 5.66. The molecule has 1 aliphatic heterocycles. The second-order valence-electron chi connectivity index (χ2n) is 4.47. The van der Waals surface area contributed by atoms with Crippen molar-refractivity contribution in [1.29, 1.82) is 0 Å². The van der Waals surface area contributed by atoms with E-state index in [0.29, 0.717) is 24.9 Å². The minimum Gasteiger partial charge on any atom is -0.314 e. The molecule has 1 fully saturated rings. The van der Waals surface area contributed by atoms with E-state index < -0.39 is 5.67 Å². The highest BCUT2D eigenvalue weighted by Crippen LogP contribution is 2.25. The normalized spacial score (nSPS) is 25.3. The monoisotopic (exact) mass is 221 g/mol. The van der Waals surface area contributed by atoms with E-state index in [-0.39, 0.29) is 0 Å². The second-order valence-corrected chi connectivity index (χ2v) is 4.47. The number of aldehydes is 1. The molecule has 2 rings (SSSR count). The average molecular weight is 221 g/mol. The number of piperidine rings is 1. The van der Waals surface area contributed by atoms with Gasteiger partial charge in [0, 0.05) is 18.5 Å². The molecule has 1 atom stereocenters. The van der Waals surface area contributed by atoms with E-state index in [1.807, 2.05) is 6.07 Å². The largest absolute Gasteiger partial charge is 0.314 e. The predicted octanol–water partition coefficient (Wildman–Crippen LogP) is 2.13. The molecule has 1 heterocycles. The molecule has 1 saturated heterocycles. The van der Waals surface area contributed by atoms with Gasteiger partial charge >= 0.3 is 0 Å². The minimum atomic E-state index is -1.15. The van der Waals surface area contributed by atoms with Crippen molar-refractivity contribution in [3.05, 3.63) is 35.4 Å². The van der Waals surface area contributed by atoms with Gasteiger partial charge in [0.05, 0.1) is 0 Å². The molecular weight excluding hydrogens is 205 g/mol. The van der Waals surface area contributed by atoms with Crippen LogP contribution in [0.3, 0.4) is 0 Å². The van der Waals surface area contributed by atoms with Gasteiger partial charge in [-0.05, 0) is 31.0 Å². The van der Waals surface area contributed by atoms with Gasteiger partial charge < -0.3 is 5.32 Å². The Bertz CT molecular complexity index is 372. The van der Waals surface area contributed by atoms with Crippen LogP contribution in [0.15, 0.2) is 24.3 Å². The highest BCUT2D eigenvalue weighted by molar-refractivity contribution is 5.74. The number of carbonyl (C=O) groups excluding carboxylic acids is 1. The van der Waals surface area contributed by atoms with Gasteiger partial charge in [-0.1, -0.05) is 18.2 Å². The third-order valence-corrected chi connectivity index (χ3v) is 3.03. The van der Waals surface area contributed by atoms with Gasteiger partial charge in [0.1, 0.15) is 12.0 Å². The molecule has 1 aliphatic rings. The summed E-state index contributed by atoms with van der Waals surface area (Å²) in [5.41, 5.74) is 0.361. The summed E-state index contributed by atoms with van der Waals surface area (Å²) in [6.45, 7) is 1.32. The summed E-state index contributed by atoms with van der Waals surface area (Å²) in [6, 6.07) is 7.19. The number of hydrogen-bond donors (Lipinski definition) is 1. The summed E-state index contributed by atoms with van der Waals surface area (Å²) in [5.74, 6) is 0. The smallest absolute Gasteiger partial charge is 0.150 e. The van der Waals surface area contributed by atoms with Crippen LogP contribution in [0.2, 0.25) is 0 Å². The summed E-state index contributed by atoms with van der Waals surface area (Å²) < 4.78 is 14.3. The molecule has 16 heavy (non-hydrogen) atoms. The van der Waals surface area contributed by atoms with Crippen molar-refractivity contribution in [2.45, 2.75) is 24.9 Å². The Hall–Kier alpha value is -1.22. The standard InChI is InChI=1S/C13H16FNO/c14-13(5-2-6-15-10-13)8-11-3-1-4-12(7-11)9-16/h1,3-4,7,9,15H,2,5-6,8,10H2. The molecule has 0 radical (unpaired) electrons. The predicted molar refractivity (Wildman–Crippen MR) is 61.5 cm³/mol. The lowest BCUT2D eigenvalue weighted by atomic mass is 9.89. The van der Waals surface area contributed by atoms with E-state index >= 15 is 0 Å². The van der Waals surface area contributed by atoms with Crippen LogP contribution in [-0.4, -0.2) is 25.0 Å². The first-order chi connectivity index (χ1) is 7.72. The van der Waals surface area contributed by atoms with Gasteiger partial charge in [-0.3, -0.25) is 4.79 Å². The molecule has 1 aromatic carbocycles. The maximum atomic E-state index is 14.3. The summed E-state index contributed by atoms with van der Waals surface area (Å²) in [5, 5.41) is 3.08. The Labute approximate surface area is 94.9 Å². The molecule has 2 nitrogen and oxygen atoms in total.